The summed E-state index contributed by atoms with van der Waals surface area (Å²) in [6, 6.07) is 7.85. The second kappa shape index (κ2) is 4.26. The maximum Gasteiger partial charge on any atom is 0.145 e. The molecule has 2 aliphatic rings. The Bertz CT molecular complexity index is 498. The van der Waals surface area contributed by atoms with E-state index < -0.39 is 0 Å². The first-order chi connectivity index (χ1) is 8.25. The summed E-state index contributed by atoms with van der Waals surface area (Å²) in [7, 11) is 0. The summed E-state index contributed by atoms with van der Waals surface area (Å²) in [5.41, 5.74) is 1.77. The highest BCUT2D eigenvalue weighted by molar-refractivity contribution is 9.10. The number of rotatable bonds is 1. The van der Waals surface area contributed by atoms with Crippen molar-refractivity contribution in [2.75, 3.05) is 0 Å². The van der Waals surface area contributed by atoms with Crippen molar-refractivity contribution in [3.8, 4) is 0 Å². The van der Waals surface area contributed by atoms with E-state index in [1.807, 2.05) is 24.3 Å². The highest BCUT2D eigenvalue weighted by atomic mass is 79.9. The number of benzene rings is 1. The van der Waals surface area contributed by atoms with Crippen molar-refractivity contribution in [3.63, 3.8) is 0 Å². The van der Waals surface area contributed by atoms with E-state index in [1.54, 1.807) is 0 Å². The van der Waals surface area contributed by atoms with Gasteiger partial charge in [0.25, 0.3) is 0 Å². The minimum absolute atomic E-state index is 0.0368. The van der Waals surface area contributed by atoms with Crippen molar-refractivity contribution in [1.29, 1.82) is 0 Å². The van der Waals surface area contributed by atoms with Gasteiger partial charge in [-0.1, -0.05) is 33.2 Å². The van der Waals surface area contributed by atoms with Crippen LogP contribution >= 0.6 is 15.9 Å². The number of hydrogen-bond donors (Lipinski definition) is 0. The Morgan fingerprint density at radius 2 is 2.29 bits per heavy atom. The Labute approximate surface area is 108 Å². The zero-order chi connectivity index (χ0) is 11.8. The molecule has 0 spiro atoms. The van der Waals surface area contributed by atoms with Crippen LogP contribution in [0.25, 0.3) is 0 Å². The lowest BCUT2D eigenvalue weighted by molar-refractivity contribution is -0.126. The summed E-state index contributed by atoms with van der Waals surface area (Å²) < 4.78 is 0.990. The van der Waals surface area contributed by atoms with Gasteiger partial charge in [0.2, 0.25) is 0 Å². The van der Waals surface area contributed by atoms with Crippen LogP contribution in [0.1, 0.15) is 24.8 Å². The summed E-state index contributed by atoms with van der Waals surface area (Å²) in [4.78, 5) is 17.4. The molecule has 3 rings (SSSR count). The molecule has 0 bridgehead atoms. The number of Topliss-reactive ketones (excluding diaryl/α,β-unsaturated/α-hetero) is 1. The molecule has 1 aliphatic heterocycles. The van der Waals surface area contributed by atoms with E-state index in [1.165, 1.54) is 0 Å². The van der Waals surface area contributed by atoms with E-state index in [9.17, 15) is 4.79 Å². The first kappa shape index (κ1) is 11.0. The van der Waals surface area contributed by atoms with E-state index in [-0.39, 0.29) is 17.8 Å². The van der Waals surface area contributed by atoms with Gasteiger partial charge in [-0.2, -0.15) is 0 Å². The largest absolute Gasteiger partial charge is 0.391 e. The third-order valence-corrected chi connectivity index (χ3v) is 3.83. The molecular formula is C13H12BrNO2. The Morgan fingerprint density at radius 3 is 3.12 bits per heavy atom. The zero-order valence-corrected chi connectivity index (χ0v) is 10.8. The minimum Gasteiger partial charge on any atom is -0.391 e. The molecule has 1 aromatic rings. The molecule has 2 atom stereocenters. The second-order valence-electron chi connectivity index (χ2n) is 4.47. The molecule has 0 radical (unpaired) electrons. The smallest absolute Gasteiger partial charge is 0.145 e. The molecule has 0 saturated heterocycles. The van der Waals surface area contributed by atoms with Crippen molar-refractivity contribution in [3.05, 3.63) is 34.3 Å². The van der Waals surface area contributed by atoms with Crippen molar-refractivity contribution in [1.82, 2.24) is 0 Å². The second-order valence-corrected chi connectivity index (χ2v) is 5.38. The van der Waals surface area contributed by atoms with Crippen LogP contribution in [-0.4, -0.2) is 17.6 Å². The molecule has 1 aromatic carbocycles. The van der Waals surface area contributed by atoms with Gasteiger partial charge in [-0.3, -0.25) is 4.79 Å². The number of halogens is 1. The summed E-state index contributed by atoms with van der Waals surface area (Å²) in [6.07, 6.45) is 2.46. The fourth-order valence-electron chi connectivity index (χ4n) is 2.51. The third-order valence-electron chi connectivity index (χ3n) is 3.33. The molecular weight excluding hydrogens is 282 g/mol. The minimum atomic E-state index is -0.155. The molecule has 1 saturated carbocycles. The number of nitrogens with zero attached hydrogens (tertiary/aromatic N) is 1. The summed E-state index contributed by atoms with van der Waals surface area (Å²) in [5, 5.41) is 4.12. The molecule has 0 aromatic heterocycles. The van der Waals surface area contributed by atoms with Gasteiger partial charge < -0.3 is 4.84 Å². The fourth-order valence-corrected chi connectivity index (χ4v) is 2.91. The number of ketones is 1. The Balaban J connectivity index is 1.96. The average molecular weight is 294 g/mol. The van der Waals surface area contributed by atoms with Gasteiger partial charge in [-0.15, -0.1) is 0 Å². The summed E-state index contributed by atoms with van der Waals surface area (Å²) >= 11 is 3.43. The first-order valence-corrected chi connectivity index (χ1v) is 6.57. The first-order valence-electron chi connectivity index (χ1n) is 5.78. The van der Waals surface area contributed by atoms with Crippen LogP contribution in [0.15, 0.2) is 33.9 Å². The highest BCUT2D eigenvalue weighted by Crippen LogP contribution is 2.33. The lowest BCUT2D eigenvalue weighted by Crippen LogP contribution is -2.35. The van der Waals surface area contributed by atoms with Crippen LogP contribution < -0.4 is 0 Å². The summed E-state index contributed by atoms with van der Waals surface area (Å²) in [5.74, 6) is 0.107. The maximum atomic E-state index is 12.0. The predicted molar refractivity (Wildman–Crippen MR) is 67.9 cm³/mol. The van der Waals surface area contributed by atoms with Crippen LogP contribution in [0, 0.1) is 5.92 Å². The van der Waals surface area contributed by atoms with Crippen LogP contribution in [0.3, 0.4) is 0 Å². The number of oxime groups is 1. The molecule has 88 valence electrons. The van der Waals surface area contributed by atoms with Gasteiger partial charge in [-0.25, -0.2) is 0 Å². The quantitative estimate of drug-likeness (QED) is 0.798. The topological polar surface area (TPSA) is 38.7 Å². The third kappa shape index (κ3) is 1.90. The van der Waals surface area contributed by atoms with Crippen LogP contribution in [0.4, 0.5) is 0 Å². The van der Waals surface area contributed by atoms with Crippen LogP contribution in [-0.2, 0) is 9.63 Å². The molecule has 0 unspecified atom stereocenters. The average Bonchev–Trinajstić information content (AvgIpc) is 2.74. The van der Waals surface area contributed by atoms with Crippen molar-refractivity contribution in [2.45, 2.75) is 25.4 Å². The Hall–Kier alpha value is -1.16. The van der Waals surface area contributed by atoms with E-state index in [0.29, 0.717) is 6.42 Å². The number of carbonyl (C=O) groups is 1. The molecule has 1 aliphatic carbocycles. The maximum absolute atomic E-state index is 12.0. The zero-order valence-electron chi connectivity index (χ0n) is 9.23. The molecule has 17 heavy (non-hydrogen) atoms. The molecule has 1 fully saturated rings. The van der Waals surface area contributed by atoms with Gasteiger partial charge in [0.15, 0.2) is 0 Å². The Kier molecular flexibility index (Phi) is 2.74. The van der Waals surface area contributed by atoms with E-state index in [0.717, 1.165) is 28.6 Å². The standard InChI is InChI=1S/C13H12BrNO2/c14-9-4-1-3-8(7-9)13-12-10(16)5-2-6-11(12)17-15-13/h1,3-4,7,11-12H,2,5-6H2/t11-,12+/m1/s1. The lowest BCUT2D eigenvalue weighted by Gasteiger charge is -2.22. The van der Waals surface area contributed by atoms with E-state index >= 15 is 0 Å². The monoisotopic (exact) mass is 293 g/mol. The van der Waals surface area contributed by atoms with Gasteiger partial charge in [0, 0.05) is 16.5 Å². The van der Waals surface area contributed by atoms with Gasteiger partial charge in [-0.05, 0) is 25.0 Å². The highest BCUT2D eigenvalue weighted by Gasteiger charge is 2.42. The SMILES string of the molecule is O=C1CCC[C@H]2ON=C(c3cccc(Br)c3)[C@@H]12. The van der Waals surface area contributed by atoms with Crippen molar-refractivity contribution < 1.29 is 9.63 Å². The van der Waals surface area contributed by atoms with Crippen molar-refractivity contribution in [2.24, 2.45) is 11.1 Å². The Morgan fingerprint density at radius 1 is 1.41 bits per heavy atom. The van der Waals surface area contributed by atoms with Gasteiger partial charge in [0.05, 0.1) is 0 Å². The number of fused-ring (bicyclic) bond motifs is 1. The van der Waals surface area contributed by atoms with E-state index in [4.69, 9.17) is 4.84 Å². The lowest BCUT2D eigenvalue weighted by atomic mass is 9.81. The van der Waals surface area contributed by atoms with Crippen LogP contribution in [0.2, 0.25) is 0 Å². The van der Waals surface area contributed by atoms with Gasteiger partial charge in [0.1, 0.15) is 23.5 Å². The fraction of sp³-hybridized carbons (Fsp3) is 0.385. The molecule has 1 heterocycles. The molecule has 3 nitrogen and oxygen atoms in total. The summed E-state index contributed by atoms with van der Waals surface area (Å²) in [6.45, 7) is 0. The molecule has 0 N–H and O–H groups in total. The van der Waals surface area contributed by atoms with E-state index in [2.05, 4.69) is 21.1 Å². The predicted octanol–water partition coefficient (Wildman–Crippen LogP) is 2.92. The molecule has 4 heteroatoms. The van der Waals surface area contributed by atoms with Gasteiger partial charge >= 0.3 is 0 Å². The normalized spacial score (nSPS) is 27.4. The van der Waals surface area contributed by atoms with Crippen LogP contribution in [0.5, 0.6) is 0 Å². The molecule has 0 amide bonds. The number of carbonyl (C=O) groups excluding carboxylic acids is 1. The number of hydrogen-bond acceptors (Lipinski definition) is 3. The van der Waals surface area contributed by atoms with Crippen molar-refractivity contribution >= 4 is 27.4 Å².